The van der Waals surface area contributed by atoms with Crippen molar-refractivity contribution < 1.29 is 19.2 Å². The lowest BCUT2D eigenvalue weighted by Crippen LogP contribution is -2.32. The van der Waals surface area contributed by atoms with Crippen molar-refractivity contribution in [1.29, 1.82) is 0 Å². The van der Waals surface area contributed by atoms with Gasteiger partial charge in [0.25, 0.3) is 5.91 Å². The molecule has 0 fully saturated rings. The van der Waals surface area contributed by atoms with Crippen LogP contribution in [0.3, 0.4) is 0 Å². The third-order valence-corrected chi connectivity index (χ3v) is 4.75. The standard InChI is InChI=1S/C22H22N4O4/c1-14-11-17(25-30-14)13-29-19-9-6-10-26-20(15(2)23-21(19)26)22(28)24-18(12-27)16-7-4-3-5-8-16/h3-11,18,27H,12-13H2,1-2H3,(H,24,28)/t18-/m0/s1. The van der Waals surface area contributed by atoms with Crippen molar-refractivity contribution in [2.75, 3.05) is 6.61 Å². The van der Waals surface area contributed by atoms with Crippen LogP contribution in [-0.4, -0.2) is 32.2 Å². The Morgan fingerprint density at radius 2 is 2.03 bits per heavy atom. The quantitative estimate of drug-likeness (QED) is 0.489. The summed E-state index contributed by atoms with van der Waals surface area (Å²) in [7, 11) is 0. The minimum atomic E-state index is -0.515. The molecule has 1 atom stereocenters. The van der Waals surface area contributed by atoms with Crippen LogP contribution in [-0.2, 0) is 6.61 Å². The van der Waals surface area contributed by atoms with Gasteiger partial charge in [-0.05, 0) is 31.5 Å². The SMILES string of the molecule is Cc1cc(COc2cccn3c(C(=O)N[C@@H](CO)c4ccccc4)c(C)nc23)no1. The molecule has 0 aliphatic carbocycles. The number of aliphatic hydroxyl groups is 1. The van der Waals surface area contributed by atoms with Gasteiger partial charge in [0.1, 0.15) is 23.8 Å². The number of amides is 1. The van der Waals surface area contributed by atoms with Gasteiger partial charge in [0.05, 0.1) is 18.3 Å². The van der Waals surface area contributed by atoms with Crippen LogP contribution in [0.2, 0.25) is 0 Å². The first-order chi connectivity index (χ1) is 14.6. The molecule has 154 valence electrons. The summed E-state index contributed by atoms with van der Waals surface area (Å²) in [4.78, 5) is 17.6. The zero-order valence-electron chi connectivity index (χ0n) is 16.7. The summed E-state index contributed by atoms with van der Waals surface area (Å²) in [6.45, 7) is 3.60. The third-order valence-electron chi connectivity index (χ3n) is 4.75. The summed E-state index contributed by atoms with van der Waals surface area (Å²) in [5.74, 6) is 0.911. The minimum absolute atomic E-state index is 0.211. The number of imidazole rings is 1. The topological polar surface area (TPSA) is 102 Å². The molecule has 0 unspecified atom stereocenters. The first-order valence-electron chi connectivity index (χ1n) is 9.56. The van der Waals surface area contributed by atoms with Gasteiger partial charge in [-0.25, -0.2) is 4.98 Å². The molecule has 3 heterocycles. The molecular weight excluding hydrogens is 384 g/mol. The maximum absolute atomic E-state index is 13.0. The van der Waals surface area contributed by atoms with E-state index in [2.05, 4.69) is 15.5 Å². The van der Waals surface area contributed by atoms with Gasteiger partial charge in [0, 0.05) is 12.3 Å². The predicted molar refractivity (Wildman–Crippen MR) is 109 cm³/mol. The van der Waals surface area contributed by atoms with Crippen molar-refractivity contribution in [3.8, 4) is 5.75 Å². The number of ether oxygens (including phenoxy) is 1. The van der Waals surface area contributed by atoms with Gasteiger partial charge in [-0.1, -0.05) is 35.5 Å². The zero-order valence-corrected chi connectivity index (χ0v) is 16.7. The van der Waals surface area contributed by atoms with E-state index in [1.54, 1.807) is 35.7 Å². The first-order valence-corrected chi connectivity index (χ1v) is 9.56. The van der Waals surface area contributed by atoms with Crippen LogP contribution in [0.1, 0.15) is 39.2 Å². The van der Waals surface area contributed by atoms with Crippen molar-refractivity contribution in [2.24, 2.45) is 0 Å². The second-order valence-electron chi connectivity index (χ2n) is 6.95. The van der Waals surface area contributed by atoms with Gasteiger partial charge in [0.15, 0.2) is 11.4 Å². The Morgan fingerprint density at radius 1 is 1.23 bits per heavy atom. The van der Waals surface area contributed by atoms with Crippen molar-refractivity contribution in [1.82, 2.24) is 19.9 Å². The molecule has 8 nitrogen and oxygen atoms in total. The molecule has 0 radical (unpaired) electrons. The van der Waals surface area contributed by atoms with E-state index in [1.807, 2.05) is 37.3 Å². The molecule has 0 spiro atoms. The number of aliphatic hydroxyl groups excluding tert-OH is 1. The van der Waals surface area contributed by atoms with Gasteiger partial charge in [-0.2, -0.15) is 0 Å². The zero-order chi connectivity index (χ0) is 21.1. The molecule has 8 heteroatoms. The highest BCUT2D eigenvalue weighted by Gasteiger charge is 2.22. The number of carbonyl (C=O) groups excluding carboxylic acids is 1. The highest BCUT2D eigenvalue weighted by atomic mass is 16.5. The Kier molecular flexibility index (Phi) is 5.49. The lowest BCUT2D eigenvalue weighted by molar-refractivity contribution is 0.0909. The predicted octanol–water partition coefficient (Wildman–Crippen LogP) is 2.98. The van der Waals surface area contributed by atoms with E-state index in [-0.39, 0.29) is 19.1 Å². The van der Waals surface area contributed by atoms with Crippen LogP contribution in [0.15, 0.2) is 59.3 Å². The molecular formula is C22H22N4O4. The smallest absolute Gasteiger partial charge is 0.270 e. The van der Waals surface area contributed by atoms with E-state index < -0.39 is 6.04 Å². The van der Waals surface area contributed by atoms with Gasteiger partial charge in [-0.15, -0.1) is 0 Å². The van der Waals surface area contributed by atoms with Crippen molar-refractivity contribution >= 4 is 11.6 Å². The van der Waals surface area contributed by atoms with Crippen molar-refractivity contribution in [2.45, 2.75) is 26.5 Å². The van der Waals surface area contributed by atoms with Crippen LogP contribution in [0, 0.1) is 13.8 Å². The van der Waals surface area contributed by atoms with E-state index in [0.717, 1.165) is 5.56 Å². The Morgan fingerprint density at radius 3 is 2.73 bits per heavy atom. The number of fused-ring (bicyclic) bond motifs is 1. The van der Waals surface area contributed by atoms with Crippen molar-refractivity contribution in [3.05, 3.63) is 83.1 Å². The summed E-state index contributed by atoms with van der Waals surface area (Å²) in [6.07, 6.45) is 1.76. The number of rotatable bonds is 7. The van der Waals surface area contributed by atoms with Crippen LogP contribution in [0.4, 0.5) is 0 Å². The lowest BCUT2D eigenvalue weighted by atomic mass is 10.1. The van der Waals surface area contributed by atoms with Crippen LogP contribution < -0.4 is 10.1 Å². The summed E-state index contributed by atoms with van der Waals surface area (Å²) in [6, 6.07) is 14.2. The number of benzene rings is 1. The Labute approximate surface area is 173 Å². The van der Waals surface area contributed by atoms with Gasteiger partial charge in [0.2, 0.25) is 0 Å². The average molecular weight is 406 g/mol. The van der Waals surface area contributed by atoms with Crippen LogP contribution in [0.5, 0.6) is 5.75 Å². The molecule has 0 aliphatic heterocycles. The molecule has 0 bridgehead atoms. The number of aromatic nitrogens is 3. The highest BCUT2D eigenvalue weighted by Crippen LogP contribution is 2.24. The van der Waals surface area contributed by atoms with Gasteiger partial charge >= 0.3 is 0 Å². The summed E-state index contributed by atoms with van der Waals surface area (Å²) in [5, 5.41) is 16.6. The fraction of sp³-hybridized carbons (Fsp3) is 0.227. The Hall–Kier alpha value is -3.65. The number of hydrogen-bond acceptors (Lipinski definition) is 6. The normalized spacial score (nSPS) is 12.1. The van der Waals surface area contributed by atoms with Crippen LogP contribution in [0.25, 0.3) is 5.65 Å². The second-order valence-corrected chi connectivity index (χ2v) is 6.95. The fourth-order valence-corrected chi connectivity index (χ4v) is 3.33. The number of pyridine rings is 1. The fourth-order valence-electron chi connectivity index (χ4n) is 3.33. The molecule has 1 amide bonds. The van der Waals surface area contributed by atoms with E-state index >= 15 is 0 Å². The molecule has 0 aliphatic rings. The molecule has 0 saturated heterocycles. The summed E-state index contributed by atoms with van der Waals surface area (Å²) >= 11 is 0. The molecule has 2 N–H and O–H groups in total. The third kappa shape index (κ3) is 3.90. The number of hydrogen-bond donors (Lipinski definition) is 2. The minimum Gasteiger partial charge on any atom is -0.483 e. The highest BCUT2D eigenvalue weighted by molar-refractivity contribution is 5.95. The molecule has 3 aromatic heterocycles. The number of nitrogens with zero attached hydrogens (tertiary/aromatic N) is 3. The molecule has 30 heavy (non-hydrogen) atoms. The van der Waals surface area contributed by atoms with E-state index in [1.165, 1.54) is 0 Å². The van der Waals surface area contributed by atoms with E-state index in [0.29, 0.717) is 34.2 Å². The number of nitrogens with one attached hydrogen (secondary N) is 1. The van der Waals surface area contributed by atoms with Crippen molar-refractivity contribution in [3.63, 3.8) is 0 Å². The van der Waals surface area contributed by atoms with E-state index in [9.17, 15) is 9.90 Å². The molecule has 0 saturated carbocycles. The first kappa shape index (κ1) is 19.7. The number of aryl methyl sites for hydroxylation is 2. The Bertz CT molecular complexity index is 1170. The van der Waals surface area contributed by atoms with E-state index in [4.69, 9.17) is 9.26 Å². The molecule has 4 rings (SSSR count). The maximum Gasteiger partial charge on any atom is 0.270 e. The van der Waals surface area contributed by atoms with Gasteiger partial charge in [-0.3, -0.25) is 9.20 Å². The molecule has 1 aromatic carbocycles. The monoisotopic (exact) mass is 406 g/mol. The average Bonchev–Trinajstić information content (AvgIpc) is 3.33. The second kappa shape index (κ2) is 8.38. The molecule has 4 aromatic rings. The Balaban J connectivity index is 1.59. The summed E-state index contributed by atoms with van der Waals surface area (Å²) in [5.41, 5.74) is 2.98. The largest absolute Gasteiger partial charge is 0.483 e. The summed E-state index contributed by atoms with van der Waals surface area (Å²) < 4.78 is 12.6. The van der Waals surface area contributed by atoms with Crippen LogP contribution >= 0.6 is 0 Å². The lowest BCUT2D eigenvalue weighted by Gasteiger charge is -2.17. The number of carbonyl (C=O) groups is 1. The van der Waals surface area contributed by atoms with Gasteiger partial charge < -0.3 is 19.7 Å². The maximum atomic E-state index is 13.0.